The molecular formula is C15H29NO. The van der Waals surface area contributed by atoms with Crippen LogP contribution in [0.1, 0.15) is 57.8 Å². The van der Waals surface area contributed by atoms with E-state index >= 15 is 0 Å². The molecule has 1 atom stereocenters. The molecule has 0 aromatic rings. The summed E-state index contributed by atoms with van der Waals surface area (Å²) in [7, 11) is 0. The lowest BCUT2D eigenvalue weighted by Crippen LogP contribution is -2.30. The van der Waals surface area contributed by atoms with Crippen molar-refractivity contribution in [1.29, 1.82) is 0 Å². The number of ether oxygens (including phenoxy) is 1. The van der Waals surface area contributed by atoms with Crippen LogP contribution in [-0.2, 0) is 4.74 Å². The summed E-state index contributed by atoms with van der Waals surface area (Å²) in [6.07, 6.45) is 12.6. The van der Waals surface area contributed by atoms with Crippen molar-refractivity contribution in [2.75, 3.05) is 26.3 Å². The molecular weight excluding hydrogens is 210 g/mol. The van der Waals surface area contributed by atoms with Crippen LogP contribution >= 0.6 is 0 Å². The Hall–Kier alpha value is -0.0800. The standard InChI is InChI=1S/C15H29NO/c1-2-5-14(6-3-1)8-11-17-12-9-15-7-4-10-16-13-15/h14-16H,1-13H2. The van der Waals surface area contributed by atoms with Crippen molar-refractivity contribution in [1.82, 2.24) is 5.32 Å². The summed E-state index contributed by atoms with van der Waals surface area (Å²) in [5.41, 5.74) is 0. The second-order valence-corrected chi connectivity index (χ2v) is 5.91. The second kappa shape index (κ2) is 8.10. The van der Waals surface area contributed by atoms with E-state index in [2.05, 4.69) is 5.32 Å². The highest BCUT2D eigenvalue weighted by molar-refractivity contribution is 4.69. The van der Waals surface area contributed by atoms with Crippen LogP contribution in [0, 0.1) is 11.8 Å². The molecule has 1 N–H and O–H groups in total. The van der Waals surface area contributed by atoms with E-state index in [1.54, 1.807) is 0 Å². The molecule has 2 nitrogen and oxygen atoms in total. The van der Waals surface area contributed by atoms with Crippen LogP contribution in [0.3, 0.4) is 0 Å². The largest absolute Gasteiger partial charge is 0.381 e. The molecule has 1 saturated heterocycles. The first-order valence-electron chi connectivity index (χ1n) is 7.73. The molecule has 0 bridgehead atoms. The van der Waals surface area contributed by atoms with Gasteiger partial charge in [-0.1, -0.05) is 32.1 Å². The van der Waals surface area contributed by atoms with Gasteiger partial charge in [0.25, 0.3) is 0 Å². The molecule has 1 saturated carbocycles. The van der Waals surface area contributed by atoms with Gasteiger partial charge in [0.05, 0.1) is 0 Å². The Bertz CT molecular complexity index is 163. The van der Waals surface area contributed by atoms with Crippen molar-refractivity contribution in [3.8, 4) is 0 Å². The minimum atomic E-state index is 0.874. The van der Waals surface area contributed by atoms with E-state index in [4.69, 9.17) is 4.74 Å². The fraction of sp³-hybridized carbons (Fsp3) is 1.00. The third kappa shape index (κ3) is 5.39. The first-order chi connectivity index (χ1) is 8.45. The zero-order chi connectivity index (χ0) is 11.8. The van der Waals surface area contributed by atoms with Gasteiger partial charge in [-0.2, -0.15) is 0 Å². The summed E-state index contributed by atoms with van der Waals surface area (Å²) in [4.78, 5) is 0. The Labute approximate surface area is 107 Å². The number of nitrogens with one attached hydrogen (secondary N) is 1. The van der Waals surface area contributed by atoms with Gasteiger partial charge < -0.3 is 10.1 Å². The zero-order valence-electron chi connectivity index (χ0n) is 11.3. The van der Waals surface area contributed by atoms with E-state index in [1.807, 2.05) is 0 Å². The van der Waals surface area contributed by atoms with Gasteiger partial charge in [0.15, 0.2) is 0 Å². The van der Waals surface area contributed by atoms with Crippen LogP contribution in [-0.4, -0.2) is 26.3 Å². The third-order valence-corrected chi connectivity index (χ3v) is 4.46. The average molecular weight is 239 g/mol. The quantitative estimate of drug-likeness (QED) is 0.718. The lowest BCUT2D eigenvalue weighted by atomic mass is 9.87. The van der Waals surface area contributed by atoms with E-state index in [0.717, 1.165) is 25.0 Å². The van der Waals surface area contributed by atoms with E-state index in [-0.39, 0.29) is 0 Å². The van der Waals surface area contributed by atoms with Gasteiger partial charge in [-0.05, 0) is 50.6 Å². The summed E-state index contributed by atoms with van der Waals surface area (Å²) >= 11 is 0. The average Bonchev–Trinajstić information content (AvgIpc) is 2.41. The number of hydrogen-bond donors (Lipinski definition) is 1. The van der Waals surface area contributed by atoms with Crippen LogP contribution < -0.4 is 5.32 Å². The molecule has 1 heterocycles. The molecule has 100 valence electrons. The molecule has 0 amide bonds. The fourth-order valence-corrected chi connectivity index (χ4v) is 3.25. The topological polar surface area (TPSA) is 21.3 Å². The molecule has 2 fully saturated rings. The van der Waals surface area contributed by atoms with E-state index < -0.39 is 0 Å². The Kier molecular flexibility index (Phi) is 6.36. The molecule has 0 radical (unpaired) electrons. The lowest BCUT2D eigenvalue weighted by molar-refractivity contribution is 0.0989. The number of rotatable bonds is 6. The highest BCUT2D eigenvalue weighted by atomic mass is 16.5. The molecule has 2 heteroatoms. The van der Waals surface area contributed by atoms with Gasteiger partial charge in [0, 0.05) is 13.2 Å². The summed E-state index contributed by atoms with van der Waals surface area (Å²) in [5, 5.41) is 3.47. The summed E-state index contributed by atoms with van der Waals surface area (Å²) in [6.45, 7) is 4.43. The van der Waals surface area contributed by atoms with Crippen LogP contribution in [0.2, 0.25) is 0 Å². The normalized spacial score (nSPS) is 27.2. The molecule has 2 aliphatic rings. The lowest BCUT2D eigenvalue weighted by Gasteiger charge is -2.23. The van der Waals surface area contributed by atoms with Gasteiger partial charge in [-0.3, -0.25) is 0 Å². The minimum Gasteiger partial charge on any atom is -0.381 e. The van der Waals surface area contributed by atoms with Gasteiger partial charge in [-0.15, -0.1) is 0 Å². The maximum absolute atomic E-state index is 5.81. The van der Waals surface area contributed by atoms with E-state index in [0.29, 0.717) is 0 Å². The van der Waals surface area contributed by atoms with Gasteiger partial charge >= 0.3 is 0 Å². The fourth-order valence-electron chi connectivity index (χ4n) is 3.25. The maximum Gasteiger partial charge on any atom is 0.0469 e. The van der Waals surface area contributed by atoms with Crippen molar-refractivity contribution < 1.29 is 4.74 Å². The van der Waals surface area contributed by atoms with Crippen molar-refractivity contribution in [3.63, 3.8) is 0 Å². The molecule has 2 rings (SSSR count). The predicted octanol–water partition coefficient (Wildman–Crippen LogP) is 3.36. The van der Waals surface area contributed by atoms with Crippen molar-refractivity contribution >= 4 is 0 Å². The summed E-state index contributed by atoms with van der Waals surface area (Å²) in [6, 6.07) is 0. The van der Waals surface area contributed by atoms with Crippen LogP contribution in [0.5, 0.6) is 0 Å². The highest BCUT2D eigenvalue weighted by Gasteiger charge is 2.14. The van der Waals surface area contributed by atoms with Crippen molar-refractivity contribution in [2.24, 2.45) is 11.8 Å². The summed E-state index contributed by atoms with van der Waals surface area (Å²) < 4.78 is 5.81. The second-order valence-electron chi connectivity index (χ2n) is 5.91. The predicted molar refractivity (Wildman–Crippen MR) is 72.2 cm³/mol. The molecule has 1 unspecified atom stereocenters. The van der Waals surface area contributed by atoms with Crippen molar-refractivity contribution in [2.45, 2.75) is 57.8 Å². The number of hydrogen-bond acceptors (Lipinski definition) is 2. The van der Waals surface area contributed by atoms with E-state index in [9.17, 15) is 0 Å². The Balaban J connectivity index is 1.42. The smallest absolute Gasteiger partial charge is 0.0469 e. The first-order valence-corrected chi connectivity index (χ1v) is 7.73. The van der Waals surface area contributed by atoms with Crippen LogP contribution in [0.4, 0.5) is 0 Å². The van der Waals surface area contributed by atoms with Crippen LogP contribution in [0.25, 0.3) is 0 Å². The summed E-state index contributed by atoms with van der Waals surface area (Å²) in [5.74, 6) is 1.85. The maximum atomic E-state index is 5.81. The van der Waals surface area contributed by atoms with E-state index in [1.165, 1.54) is 70.9 Å². The van der Waals surface area contributed by atoms with Gasteiger partial charge in [0.1, 0.15) is 0 Å². The monoisotopic (exact) mass is 239 g/mol. The highest BCUT2D eigenvalue weighted by Crippen LogP contribution is 2.26. The van der Waals surface area contributed by atoms with Gasteiger partial charge in [0.2, 0.25) is 0 Å². The SMILES string of the molecule is C1CCC(CCOCCC2CCCNC2)CC1. The Morgan fingerprint density at radius 3 is 2.24 bits per heavy atom. The van der Waals surface area contributed by atoms with Crippen molar-refractivity contribution in [3.05, 3.63) is 0 Å². The molecule has 1 aliphatic heterocycles. The molecule has 0 aromatic heterocycles. The first kappa shape index (κ1) is 13.4. The van der Waals surface area contributed by atoms with Gasteiger partial charge in [-0.25, -0.2) is 0 Å². The third-order valence-electron chi connectivity index (χ3n) is 4.46. The molecule has 0 spiro atoms. The molecule has 1 aliphatic carbocycles. The molecule has 17 heavy (non-hydrogen) atoms. The minimum absolute atomic E-state index is 0.874. The Morgan fingerprint density at radius 2 is 1.53 bits per heavy atom. The zero-order valence-corrected chi connectivity index (χ0v) is 11.3. The van der Waals surface area contributed by atoms with Crippen LogP contribution in [0.15, 0.2) is 0 Å². The molecule has 0 aromatic carbocycles. The Morgan fingerprint density at radius 1 is 0.824 bits per heavy atom. The number of piperidine rings is 1.